The van der Waals surface area contributed by atoms with Gasteiger partial charge in [0.1, 0.15) is 28.5 Å². The van der Waals surface area contributed by atoms with Gasteiger partial charge in [0.15, 0.2) is 0 Å². The summed E-state index contributed by atoms with van der Waals surface area (Å²) in [6.45, 7) is 0. The first kappa shape index (κ1) is 25.9. The van der Waals surface area contributed by atoms with E-state index in [9.17, 15) is 14.0 Å². The molecule has 6 rings (SSSR count). The molecule has 0 bridgehead atoms. The second-order valence-electron chi connectivity index (χ2n) is 9.74. The first-order valence-corrected chi connectivity index (χ1v) is 13.0. The van der Waals surface area contributed by atoms with Gasteiger partial charge in [-0.15, -0.1) is 0 Å². The number of nitrogens with zero attached hydrogens (tertiary/aromatic N) is 2. The van der Waals surface area contributed by atoms with Gasteiger partial charge in [0, 0.05) is 47.0 Å². The number of methoxy groups -OCH3 is 1. The fourth-order valence-electron chi connectivity index (χ4n) is 4.61. The van der Waals surface area contributed by atoms with Crippen molar-refractivity contribution in [2.24, 2.45) is 5.41 Å². The summed E-state index contributed by atoms with van der Waals surface area (Å²) in [6.07, 6.45) is 6.00. The summed E-state index contributed by atoms with van der Waals surface area (Å²) in [7, 11) is 1.62. The van der Waals surface area contributed by atoms with Crippen molar-refractivity contribution in [3.05, 3.63) is 103 Å². The van der Waals surface area contributed by atoms with Crippen LogP contribution in [0.3, 0.4) is 0 Å². The standard InChI is InChI=1S/C32H25FN4O4/c1-40-29-19-27-26(18-25(29)20-10-15-34-16-11-20)28(12-17-35-27)41-24-8-6-23(7-9-24)37-31(39)32(13-14-32)30(38)36-22-4-2-21(33)3-5-22/h2-12,15-19H,13-14H2,1H3,(H,36,38)(H,37,39). The lowest BCUT2D eigenvalue weighted by molar-refractivity contribution is -0.131. The minimum Gasteiger partial charge on any atom is -0.496 e. The van der Waals surface area contributed by atoms with Crippen LogP contribution in [0.15, 0.2) is 97.5 Å². The fourth-order valence-corrected chi connectivity index (χ4v) is 4.61. The number of halogens is 1. The smallest absolute Gasteiger partial charge is 0.240 e. The van der Waals surface area contributed by atoms with Gasteiger partial charge in [-0.05, 0) is 91.2 Å². The van der Waals surface area contributed by atoms with Gasteiger partial charge >= 0.3 is 0 Å². The van der Waals surface area contributed by atoms with Crippen LogP contribution in [-0.4, -0.2) is 28.9 Å². The number of amides is 2. The molecule has 0 spiro atoms. The molecular weight excluding hydrogens is 523 g/mol. The first-order valence-electron chi connectivity index (χ1n) is 13.0. The number of benzene rings is 3. The van der Waals surface area contributed by atoms with Gasteiger partial charge in [-0.3, -0.25) is 19.6 Å². The van der Waals surface area contributed by atoms with Gasteiger partial charge < -0.3 is 20.1 Å². The number of ether oxygens (including phenoxy) is 2. The van der Waals surface area contributed by atoms with Gasteiger partial charge in [-0.2, -0.15) is 0 Å². The van der Waals surface area contributed by atoms with E-state index in [0.29, 0.717) is 41.5 Å². The zero-order chi connectivity index (χ0) is 28.4. The molecule has 2 N–H and O–H groups in total. The number of hydrogen-bond acceptors (Lipinski definition) is 6. The zero-order valence-corrected chi connectivity index (χ0v) is 22.1. The molecule has 2 amide bonds. The Morgan fingerprint density at radius 1 is 0.805 bits per heavy atom. The van der Waals surface area contributed by atoms with Crippen molar-refractivity contribution < 1.29 is 23.5 Å². The summed E-state index contributed by atoms with van der Waals surface area (Å²) in [6, 6.07) is 21.8. The third kappa shape index (κ3) is 5.29. The van der Waals surface area contributed by atoms with Crippen molar-refractivity contribution in [3.8, 4) is 28.4 Å². The molecule has 1 saturated carbocycles. The number of anilines is 2. The average molecular weight is 549 g/mol. The van der Waals surface area contributed by atoms with Gasteiger partial charge in [-0.25, -0.2) is 4.39 Å². The molecule has 0 unspecified atom stereocenters. The highest BCUT2D eigenvalue weighted by Crippen LogP contribution is 2.47. The fraction of sp³-hybridized carbons (Fsp3) is 0.125. The number of rotatable bonds is 8. The van der Waals surface area contributed by atoms with Crippen molar-refractivity contribution in [2.45, 2.75) is 12.8 Å². The summed E-state index contributed by atoms with van der Waals surface area (Å²) in [4.78, 5) is 34.4. The predicted molar refractivity (Wildman–Crippen MR) is 153 cm³/mol. The number of nitrogens with one attached hydrogen (secondary N) is 2. The first-order chi connectivity index (χ1) is 19.9. The Balaban J connectivity index is 1.17. The SMILES string of the molecule is COc1cc2nccc(Oc3ccc(NC(=O)C4(C(=O)Nc5ccc(F)cc5)CC4)cc3)c2cc1-c1ccncc1. The van der Waals surface area contributed by atoms with Crippen LogP contribution in [0, 0.1) is 11.2 Å². The van der Waals surface area contributed by atoms with Crippen LogP contribution in [0.25, 0.3) is 22.0 Å². The zero-order valence-electron chi connectivity index (χ0n) is 22.1. The Morgan fingerprint density at radius 2 is 1.44 bits per heavy atom. The maximum atomic E-state index is 13.2. The molecule has 3 aromatic carbocycles. The highest BCUT2D eigenvalue weighted by molar-refractivity contribution is 6.16. The Kier molecular flexibility index (Phi) is 6.76. The number of aromatic nitrogens is 2. The second kappa shape index (κ2) is 10.7. The summed E-state index contributed by atoms with van der Waals surface area (Å²) >= 11 is 0. The minimum absolute atomic E-state index is 0.386. The van der Waals surface area contributed by atoms with E-state index in [1.165, 1.54) is 24.3 Å². The normalized spacial score (nSPS) is 13.3. The van der Waals surface area contributed by atoms with Crippen molar-refractivity contribution in [1.29, 1.82) is 0 Å². The topological polar surface area (TPSA) is 102 Å². The van der Waals surface area contributed by atoms with Crippen LogP contribution in [0.2, 0.25) is 0 Å². The highest BCUT2D eigenvalue weighted by atomic mass is 19.1. The number of pyridine rings is 2. The average Bonchev–Trinajstić information content (AvgIpc) is 3.82. The molecule has 2 aromatic heterocycles. The van der Waals surface area contributed by atoms with E-state index in [1.807, 2.05) is 24.3 Å². The van der Waals surface area contributed by atoms with Crippen molar-refractivity contribution >= 4 is 34.1 Å². The van der Waals surface area contributed by atoms with Crippen LogP contribution in [-0.2, 0) is 9.59 Å². The van der Waals surface area contributed by atoms with E-state index in [2.05, 4.69) is 20.6 Å². The van der Waals surface area contributed by atoms with E-state index in [4.69, 9.17) is 9.47 Å². The lowest BCUT2D eigenvalue weighted by Gasteiger charge is -2.16. The summed E-state index contributed by atoms with van der Waals surface area (Å²) in [5.74, 6) is 0.665. The van der Waals surface area contributed by atoms with E-state index in [-0.39, 0.29) is 5.91 Å². The Labute approximate surface area is 235 Å². The van der Waals surface area contributed by atoms with Crippen LogP contribution in [0.4, 0.5) is 15.8 Å². The van der Waals surface area contributed by atoms with E-state index < -0.39 is 17.1 Å². The van der Waals surface area contributed by atoms with Crippen LogP contribution in [0.5, 0.6) is 17.2 Å². The number of fused-ring (bicyclic) bond motifs is 1. The summed E-state index contributed by atoms with van der Waals surface area (Å²) in [5, 5.41) is 6.35. The molecule has 2 heterocycles. The third-order valence-corrected chi connectivity index (χ3v) is 7.08. The molecule has 1 fully saturated rings. The van der Waals surface area contributed by atoms with Crippen molar-refractivity contribution in [2.75, 3.05) is 17.7 Å². The number of carbonyl (C=O) groups excluding carboxylic acids is 2. The highest BCUT2D eigenvalue weighted by Gasteiger charge is 2.56. The van der Waals surface area contributed by atoms with Gasteiger partial charge in [0.05, 0.1) is 12.6 Å². The van der Waals surface area contributed by atoms with Crippen LogP contribution >= 0.6 is 0 Å². The predicted octanol–water partition coefficient (Wildman–Crippen LogP) is 6.59. The van der Waals surface area contributed by atoms with E-state index in [0.717, 1.165) is 22.0 Å². The van der Waals surface area contributed by atoms with E-state index >= 15 is 0 Å². The number of hydrogen-bond donors (Lipinski definition) is 2. The number of carbonyl (C=O) groups is 2. The molecule has 1 aliphatic rings. The Hall–Kier alpha value is -5.31. The Bertz CT molecular complexity index is 1740. The summed E-state index contributed by atoms with van der Waals surface area (Å²) in [5.41, 5.74) is 2.38. The molecule has 8 nitrogen and oxygen atoms in total. The monoisotopic (exact) mass is 548 g/mol. The molecule has 0 saturated heterocycles. The van der Waals surface area contributed by atoms with Crippen LogP contribution in [0.1, 0.15) is 12.8 Å². The molecule has 0 atom stereocenters. The van der Waals surface area contributed by atoms with Gasteiger partial charge in [0.25, 0.3) is 0 Å². The minimum atomic E-state index is -1.15. The van der Waals surface area contributed by atoms with Crippen molar-refractivity contribution in [1.82, 2.24) is 9.97 Å². The van der Waals surface area contributed by atoms with Crippen molar-refractivity contribution in [3.63, 3.8) is 0 Å². The van der Waals surface area contributed by atoms with Gasteiger partial charge in [-0.1, -0.05) is 0 Å². The lowest BCUT2D eigenvalue weighted by Crippen LogP contribution is -2.35. The lowest BCUT2D eigenvalue weighted by atomic mass is 10.0. The molecule has 5 aromatic rings. The van der Waals surface area contributed by atoms with Crippen LogP contribution < -0.4 is 20.1 Å². The molecule has 41 heavy (non-hydrogen) atoms. The summed E-state index contributed by atoms with van der Waals surface area (Å²) < 4.78 is 25.0. The maximum Gasteiger partial charge on any atom is 0.240 e. The molecule has 1 aliphatic carbocycles. The molecule has 204 valence electrons. The molecular formula is C32H25FN4O4. The quantitative estimate of drug-likeness (QED) is 0.212. The largest absolute Gasteiger partial charge is 0.496 e. The third-order valence-electron chi connectivity index (χ3n) is 7.08. The molecule has 0 aliphatic heterocycles. The second-order valence-corrected chi connectivity index (χ2v) is 9.74. The van der Waals surface area contributed by atoms with E-state index in [1.54, 1.807) is 56.0 Å². The maximum absolute atomic E-state index is 13.2. The Morgan fingerprint density at radius 3 is 2.05 bits per heavy atom. The van der Waals surface area contributed by atoms with Gasteiger partial charge in [0.2, 0.25) is 11.8 Å². The molecule has 0 radical (unpaired) electrons. The molecule has 9 heteroatoms.